The highest BCUT2D eigenvalue weighted by Gasteiger charge is 2.27. The van der Waals surface area contributed by atoms with Crippen molar-refractivity contribution in [3.05, 3.63) is 75.7 Å². The largest absolute Gasteiger partial charge is 0.333 e. The van der Waals surface area contributed by atoms with Gasteiger partial charge in [0, 0.05) is 11.8 Å². The van der Waals surface area contributed by atoms with Crippen LogP contribution in [0.4, 0.5) is 8.78 Å². The molecule has 0 radical (unpaired) electrons. The maximum absolute atomic E-state index is 13.1. The molecule has 4 rings (SSSR count). The third kappa shape index (κ3) is 3.89. The van der Waals surface area contributed by atoms with E-state index < -0.39 is 21.5 Å². The van der Waals surface area contributed by atoms with E-state index in [0.29, 0.717) is 10.9 Å². The van der Waals surface area contributed by atoms with Gasteiger partial charge in [-0.3, -0.25) is 4.79 Å². The van der Waals surface area contributed by atoms with E-state index in [1.807, 2.05) is 0 Å². The molecule has 0 saturated heterocycles. The zero-order valence-corrected chi connectivity index (χ0v) is 18.7. The van der Waals surface area contributed by atoms with Crippen molar-refractivity contribution < 1.29 is 22.0 Å². The molecule has 0 saturated carbocycles. The molecule has 0 fully saturated rings. The summed E-state index contributed by atoms with van der Waals surface area (Å²) in [6.45, 7) is -1.67. The third-order valence-corrected chi connectivity index (χ3v) is 7.12. The second-order valence-electron chi connectivity index (χ2n) is 6.92. The van der Waals surface area contributed by atoms with Crippen LogP contribution in [0.5, 0.6) is 0 Å². The normalized spacial score (nSPS) is 12.1. The fourth-order valence-electron chi connectivity index (χ4n) is 3.29. The summed E-state index contributed by atoms with van der Waals surface area (Å²) in [6.07, 6.45) is 2.00. The summed E-state index contributed by atoms with van der Waals surface area (Å²) in [6, 6.07) is 9.48. The molecule has 4 aromatic rings. The van der Waals surface area contributed by atoms with Crippen molar-refractivity contribution in [1.29, 1.82) is 0 Å². The van der Waals surface area contributed by atoms with Gasteiger partial charge in [0.2, 0.25) is 0 Å². The van der Waals surface area contributed by atoms with Crippen molar-refractivity contribution in [2.75, 3.05) is 0 Å². The molecular formula is C20H14Cl2F2N4O3S. The number of halogens is 4. The van der Waals surface area contributed by atoms with Gasteiger partial charge in [-0.2, -0.15) is 31.5 Å². The molecule has 0 spiro atoms. The Morgan fingerprint density at radius 3 is 2.47 bits per heavy atom. The molecule has 0 aliphatic heterocycles. The summed E-state index contributed by atoms with van der Waals surface area (Å²) in [5.74, 6) is -0.345. The topological polar surface area (TPSA) is 86.8 Å². The molecule has 0 bridgehead atoms. The Balaban J connectivity index is 1.74. The minimum atomic E-state index is -4.31. The molecule has 7 nitrogen and oxygen atoms in total. The predicted molar refractivity (Wildman–Crippen MR) is 115 cm³/mol. The maximum atomic E-state index is 13.1. The number of alkyl halides is 2. The summed E-state index contributed by atoms with van der Waals surface area (Å²) < 4.78 is 53.1. The summed E-state index contributed by atoms with van der Waals surface area (Å²) in [5, 5.41) is 8.38. The monoisotopic (exact) mass is 498 g/mol. The fraction of sp³-hybridized carbons (Fsp3) is 0.150. The average molecular weight is 499 g/mol. The number of hydrogen-bond acceptors (Lipinski definition) is 5. The first-order valence-electron chi connectivity index (χ1n) is 9.13. The zero-order valence-electron chi connectivity index (χ0n) is 16.3. The number of hydrogen-bond donors (Lipinski definition) is 0. The highest BCUT2D eigenvalue weighted by Crippen LogP contribution is 2.28. The number of aromatic nitrogens is 4. The Morgan fingerprint density at radius 1 is 1.16 bits per heavy atom. The Morgan fingerprint density at radius 2 is 1.84 bits per heavy atom. The van der Waals surface area contributed by atoms with Crippen molar-refractivity contribution in [3.63, 3.8) is 0 Å². The van der Waals surface area contributed by atoms with Crippen molar-refractivity contribution in [2.24, 2.45) is 0 Å². The van der Waals surface area contributed by atoms with Gasteiger partial charge in [0.05, 0.1) is 39.2 Å². The van der Waals surface area contributed by atoms with Crippen molar-refractivity contribution in [2.45, 2.75) is 24.8 Å². The van der Waals surface area contributed by atoms with Crippen LogP contribution in [-0.2, 0) is 16.4 Å². The van der Waals surface area contributed by atoms with Crippen molar-refractivity contribution >= 4 is 49.9 Å². The van der Waals surface area contributed by atoms with E-state index in [1.165, 1.54) is 19.2 Å². The third-order valence-electron chi connectivity index (χ3n) is 4.79. The smallest absolute Gasteiger partial charge is 0.294 e. The van der Waals surface area contributed by atoms with Crippen molar-refractivity contribution in [1.82, 2.24) is 19.0 Å². The lowest BCUT2D eigenvalue weighted by molar-refractivity contribution is 0.0561. The minimum absolute atomic E-state index is 0.0892. The Kier molecular flexibility index (Phi) is 5.78. The fourth-order valence-corrected chi connectivity index (χ4v) is 5.33. The second kappa shape index (κ2) is 8.27. The van der Waals surface area contributed by atoms with Gasteiger partial charge in [-0.15, -0.1) is 0 Å². The van der Waals surface area contributed by atoms with Gasteiger partial charge in [0.25, 0.3) is 10.0 Å². The second-order valence-corrected chi connectivity index (χ2v) is 9.47. The first kappa shape index (κ1) is 22.4. The molecule has 0 aliphatic rings. The van der Waals surface area contributed by atoms with E-state index in [-0.39, 0.29) is 43.7 Å². The first-order chi connectivity index (χ1) is 15.1. The Hall–Kier alpha value is -2.82. The van der Waals surface area contributed by atoms with Gasteiger partial charge in [0.1, 0.15) is 4.90 Å². The van der Waals surface area contributed by atoms with E-state index in [9.17, 15) is 22.0 Å². The van der Waals surface area contributed by atoms with Crippen LogP contribution in [0.25, 0.3) is 10.9 Å². The highest BCUT2D eigenvalue weighted by atomic mass is 35.5. The number of Topliss-reactive ketones (excluding diaryl/α,β-unsaturated/α-hetero) is 1. The van der Waals surface area contributed by atoms with Crippen LogP contribution in [0.15, 0.2) is 53.7 Å². The highest BCUT2D eigenvalue weighted by molar-refractivity contribution is 7.90. The van der Waals surface area contributed by atoms with Crippen LogP contribution in [-0.4, -0.2) is 33.2 Å². The van der Waals surface area contributed by atoms with Crippen molar-refractivity contribution in [3.8, 4) is 0 Å². The summed E-state index contributed by atoms with van der Waals surface area (Å²) >= 11 is 12.2. The molecule has 32 heavy (non-hydrogen) atoms. The van der Waals surface area contributed by atoms with Crippen LogP contribution >= 0.6 is 23.2 Å². The number of carbonyl (C=O) groups is 1. The van der Waals surface area contributed by atoms with E-state index in [2.05, 4.69) is 10.2 Å². The summed E-state index contributed by atoms with van der Waals surface area (Å²) in [4.78, 5) is 12.4. The summed E-state index contributed by atoms with van der Waals surface area (Å²) in [5.41, 5.74) is 0.765. The molecule has 2 aromatic heterocycles. The lowest BCUT2D eigenvalue weighted by Crippen LogP contribution is -2.15. The predicted octanol–water partition coefficient (Wildman–Crippen LogP) is 4.91. The first-order valence-corrected chi connectivity index (χ1v) is 11.3. The zero-order chi connectivity index (χ0) is 23.2. The van der Waals surface area contributed by atoms with Crippen LogP contribution < -0.4 is 0 Å². The quantitative estimate of drug-likeness (QED) is 0.352. The number of aryl methyl sites for hydroxylation is 1. The lowest BCUT2D eigenvalue weighted by atomic mass is 10.0. The number of ketones is 1. The van der Waals surface area contributed by atoms with Gasteiger partial charge < -0.3 is 0 Å². The molecule has 12 heteroatoms. The summed E-state index contributed by atoms with van der Waals surface area (Å²) in [7, 11) is -4.31. The Labute approximate surface area is 191 Å². The minimum Gasteiger partial charge on any atom is -0.294 e. The standard InChI is InChI=1S/C20H14Cl2F2N4O3S/c1-11-18(10-27(26-11)20(23)24)32(30,31)28-16-7-12(5-6-13(16)9-25-28)8-17(29)19-14(21)3-2-4-15(19)22/h2-7,9-10,20H,8H2,1H3. The number of fused-ring (bicyclic) bond motifs is 1. The molecular weight excluding hydrogens is 485 g/mol. The maximum Gasteiger partial charge on any atom is 0.333 e. The molecule has 2 heterocycles. The van der Waals surface area contributed by atoms with Gasteiger partial charge in [-0.1, -0.05) is 41.4 Å². The van der Waals surface area contributed by atoms with Crippen LogP contribution in [0, 0.1) is 6.92 Å². The molecule has 0 unspecified atom stereocenters. The van der Waals surface area contributed by atoms with E-state index >= 15 is 0 Å². The van der Waals surface area contributed by atoms with Gasteiger partial charge >= 0.3 is 6.55 Å². The molecule has 0 amide bonds. The number of benzene rings is 2. The Bertz CT molecular complexity index is 1440. The van der Waals surface area contributed by atoms with E-state index in [1.54, 1.807) is 30.3 Å². The molecule has 166 valence electrons. The molecule has 0 aliphatic carbocycles. The van der Waals surface area contributed by atoms with E-state index in [0.717, 1.165) is 10.3 Å². The van der Waals surface area contributed by atoms with Crippen LogP contribution in [0.1, 0.15) is 28.2 Å². The van der Waals surface area contributed by atoms with E-state index in [4.69, 9.17) is 23.2 Å². The van der Waals surface area contributed by atoms with Crippen LogP contribution in [0.2, 0.25) is 10.0 Å². The molecule has 0 atom stereocenters. The lowest BCUT2D eigenvalue weighted by Gasteiger charge is -2.08. The SMILES string of the molecule is Cc1nn(C(F)F)cc1S(=O)(=O)n1ncc2ccc(CC(=O)c3c(Cl)cccc3Cl)cc21. The average Bonchev–Trinajstić information content (AvgIpc) is 3.32. The molecule has 0 N–H and O–H groups in total. The number of carbonyl (C=O) groups excluding carboxylic acids is 1. The van der Waals surface area contributed by atoms with Gasteiger partial charge in [-0.25, -0.2) is 4.68 Å². The van der Waals surface area contributed by atoms with Crippen LogP contribution in [0.3, 0.4) is 0 Å². The number of rotatable bonds is 6. The number of nitrogens with zero attached hydrogens (tertiary/aromatic N) is 4. The molecule has 2 aromatic carbocycles. The van der Waals surface area contributed by atoms with Gasteiger partial charge in [0.15, 0.2) is 5.78 Å². The van der Waals surface area contributed by atoms with Gasteiger partial charge in [-0.05, 0) is 30.7 Å².